The Bertz CT molecular complexity index is 1730. The van der Waals surface area contributed by atoms with Crippen LogP contribution in [0.5, 0.6) is 0 Å². The molecule has 3 heteroatoms. The Kier molecular flexibility index (Phi) is 3.69. The number of nitrogens with zero attached hydrogens (tertiary/aromatic N) is 2. The first-order valence-corrected chi connectivity index (χ1v) is 15.4. The van der Waals surface area contributed by atoms with Crippen molar-refractivity contribution in [2.24, 2.45) is 0 Å². The van der Waals surface area contributed by atoms with Crippen molar-refractivity contribution in [1.29, 1.82) is 0 Å². The maximum Gasteiger partial charge on any atom is 0.248 e. The van der Waals surface area contributed by atoms with Gasteiger partial charge in [0.1, 0.15) is 5.82 Å². The SMILES string of the molecule is CC(C)(C)c1nc2cc3c(c4c2n1-c1cccc2c1B4c1cc4c(cc1-2)C1CCC4CC1)C1CCC3CC1. The first-order chi connectivity index (χ1) is 18.5. The number of benzene rings is 3. The minimum Gasteiger partial charge on any atom is -0.297 e. The molecule has 188 valence electrons. The van der Waals surface area contributed by atoms with Gasteiger partial charge in [0.25, 0.3) is 0 Å². The number of imidazole rings is 1. The van der Waals surface area contributed by atoms with E-state index in [4.69, 9.17) is 4.98 Å². The van der Waals surface area contributed by atoms with Crippen LogP contribution in [0.3, 0.4) is 0 Å². The highest BCUT2D eigenvalue weighted by atomic mass is 15.1. The molecule has 4 aromatic rings. The Morgan fingerprint density at radius 1 is 0.737 bits per heavy atom. The lowest BCUT2D eigenvalue weighted by atomic mass is 9.35. The lowest BCUT2D eigenvalue weighted by Gasteiger charge is -2.42. The van der Waals surface area contributed by atoms with Crippen LogP contribution < -0.4 is 16.4 Å². The van der Waals surface area contributed by atoms with Crippen LogP contribution in [-0.2, 0) is 5.41 Å². The van der Waals surface area contributed by atoms with Gasteiger partial charge in [0.05, 0.1) is 11.0 Å². The Morgan fingerprint density at radius 3 is 2.11 bits per heavy atom. The standard InChI is InChI=1S/C35H35BN2/c1-35(2,3)34-37-28-17-25-20-11-13-21(14-12-20)30(25)32-33(28)38(34)29-6-4-5-22-26-15-23-18-7-9-19(10-8-18)24(23)16-27(26)36(32)31(22)29/h4-6,15-21H,7-14H2,1-3H3. The quantitative estimate of drug-likeness (QED) is 0.217. The Morgan fingerprint density at radius 2 is 1.39 bits per heavy atom. The van der Waals surface area contributed by atoms with Gasteiger partial charge >= 0.3 is 0 Å². The summed E-state index contributed by atoms with van der Waals surface area (Å²) >= 11 is 0. The monoisotopic (exact) mass is 494 g/mol. The fraction of sp³-hybridized carbons (Fsp3) is 0.457. The average molecular weight is 494 g/mol. The van der Waals surface area contributed by atoms with E-state index in [0.717, 1.165) is 23.7 Å². The molecule has 0 unspecified atom stereocenters. The molecule has 3 heterocycles. The van der Waals surface area contributed by atoms with E-state index in [9.17, 15) is 0 Å². The normalized spacial score (nSPS) is 27.0. The molecule has 0 N–H and O–H groups in total. The van der Waals surface area contributed by atoms with Gasteiger partial charge < -0.3 is 0 Å². The molecule has 0 spiro atoms. The highest BCUT2D eigenvalue weighted by Crippen LogP contribution is 2.53. The maximum atomic E-state index is 5.45. The van der Waals surface area contributed by atoms with Crippen molar-refractivity contribution >= 4 is 34.1 Å². The van der Waals surface area contributed by atoms with Crippen molar-refractivity contribution in [3.05, 3.63) is 64.5 Å². The van der Waals surface area contributed by atoms with Gasteiger partial charge in [0.15, 0.2) is 0 Å². The van der Waals surface area contributed by atoms with E-state index >= 15 is 0 Å². The molecule has 2 nitrogen and oxygen atoms in total. The molecule has 2 fully saturated rings. The Balaban J connectivity index is 1.37. The minimum atomic E-state index is -0.0188. The zero-order chi connectivity index (χ0) is 25.1. The molecule has 0 amide bonds. The highest BCUT2D eigenvalue weighted by molar-refractivity contribution is 7.01. The first-order valence-electron chi connectivity index (χ1n) is 15.4. The lowest BCUT2D eigenvalue weighted by molar-refractivity contribution is 0.359. The summed E-state index contributed by atoms with van der Waals surface area (Å²) in [6.45, 7) is 7.40. The average Bonchev–Trinajstić information content (AvgIpc) is 3.49. The van der Waals surface area contributed by atoms with Gasteiger partial charge in [-0.25, -0.2) is 4.98 Å². The van der Waals surface area contributed by atoms with Crippen LogP contribution in [-0.4, -0.2) is 16.3 Å². The fourth-order valence-electron chi connectivity index (χ4n) is 10.1. The third-order valence-corrected chi connectivity index (χ3v) is 11.7. The Labute approximate surface area is 225 Å². The molecule has 12 rings (SSSR count). The third kappa shape index (κ3) is 2.34. The van der Waals surface area contributed by atoms with E-state index in [1.54, 1.807) is 44.2 Å². The van der Waals surface area contributed by atoms with E-state index in [0.29, 0.717) is 6.71 Å². The molecule has 2 saturated carbocycles. The molecule has 38 heavy (non-hydrogen) atoms. The summed E-state index contributed by atoms with van der Waals surface area (Å²) in [5, 5.41) is 0. The smallest absolute Gasteiger partial charge is 0.248 e. The third-order valence-electron chi connectivity index (χ3n) is 11.7. The molecule has 6 aliphatic carbocycles. The summed E-state index contributed by atoms with van der Waals surface area (Å²) in [5.74, 6) is 4.25. The molecule has 1 aromatic heterocycles. The van der Waals surface area contributed by atoms with Crippen LogP contribution in [0.4, 0.5) is 0 Å². The van der Waals surface area contributed by atoms with E-state index in [-0.39, 0.29) is 5.41 Å². The van der Waals surface area contributed by atoms with Gasteiger partial charge in [-0.15, -0.1) is 0 Å². The number of rotatable bonds is 0. The summed E-state index contributed by atoms with van der Waals surface area (Å²) in [6, 6.07) is 15.1. The van der Waals surface area contributed by atoms with Gasteiger partial charge in [-0.1, -0.05) is 50.5 Å². The summed E-state index contributed by atoms with van der Waals surface area (Å²) in [7, 11) is 0. The summed E-state index contributed by atoms with van der Waals surface area (Å²) in [5.41, 5.74) is 18.7. The zero-order valence-corrected chi connectivity index (χ0v) is 22.9. The predicted octanol–water partition coefficient (Wildman–Crippen LogP) is 6.64. The predicted molar refractivity (Wildman–Crippen MR) is 158 cm³/mol. The van der Waals surface area contributed by atoms with Crippen molar-refractivity contribution in [3.63, 3.8) is 0 Å². The van der Waals surface area contributed by atoms with Crippen LogP contribution in [0.25, 0.3) is 27.8 Å². The van der Waals surface area contributed by atoms with Crippen LogP contribution in [0, 0.1) is 0 Å². The largest absolute Gasteiger partial charge is 0.297 e. The topological polar surface area (TPSA) is 17.8 Å². The second-order valence-corrected chi connectivity index (χ2v) is 14.5. The van der Waals surface area contributed by atoms with E-state index in [1.807, 2.05) is 0 Å². The maximum absolute atomic E-state index is 5.45. The zero-order valence-electron chi connectivity index (χ0n) is 22.9. The minimum absolute atomic E-state index is 0.0188. The molecule has 0 atom stereocenters. The molecule has 0 saturated heterocycles. The van der Waals surface area contributed by atoms with E-state index in [2.05, 4.69) is 61.7 Å². The molecule has 4 bridgehead atoms. The first kappa shape index (κ1) is 21.1. The van der Waals surface area contributed by atoms with Crippen LogP contribution in [0.15, 0.2) is 36.4 Å². The molecular weight excluding hydrogens is 459 g/mol. The summed E-state index contributed by atoms with van der Waals surface area (Å²) < 4.78 is 2.61. The highest BCUT2D eigenvalue weighted by Gasteiger charge is 2.48. The van der Waals surface area contributed by atoms with Gasteiger partial charge in [0, 0.05) is 11.1 Å². The number of hydrogen-bond acceptors (Lipinski definition) is 1. The molecule has 8 aliphatic rings. The second kappa shape index (κ2) is 6.66. The second-order valence-electron chi connectivity index (χ2n) is 14.5. The van der Waals surface area contributed by atoms with Gasteiger partial charge in [-0.05, 0) is 131 Å². The van der Waals surface area contributed by atoms with Gasteiger partial charge in [-0.2, -0.15) is 0 Å². The van der Waals surface area contributed by atoms with Crippen LogP contribution in [0.1, 0.15) is 124 Å². The molecular formula is C35H35BN2. The van der Waals surface area contributed by atoms with Crippen molar-refractivity contribution in [2.75, 3.05) is 0 Å². The Hall–Kier alpha value is -2.81. The molecule has 0 radical (unpaired) electrons. The molecule has 2 aliphatic heterocycles. The fourth-order valence-corrected chi connectivity index (χ4v) is 10.1. The van der Waals surface area contributed by atoms with Gasteiger partial charge in [-0.3, -0.25) is 4.57 Å². The van der Waals surface area contributed by atoms with Crippen LogP contribution in [0.2, 0.25) is 0 Å². The van der Waals surface area contributed by atoms with Crippen LogP contribution >= 0.6 is 0 Å². The van der Waals surface area contributed by atoms with Crippen molar-refractivity contribution < 1.29 is 0 Å². The number of fused-ring (bicyclic) bond motifs is 9. The van der Waals surface area contributed by atoms with Crippen molar-refractivity contribution in [2.45, 2.75) is 101 Å². The summed E-state index contributed by atoms with van der Waals surface area (Å²) in [4.78, 5) is 5.45. The van der Waals surface area contributed by atoms with E-state index in [1.165, 1.54) is 79.5 Å². The number of hydrogen-bond donors (Lipinski definition) is 0. The summed E-state index contributed by atoms with van der Waals surface area (Å²) in [6.07, 6.45) is 11.1. The number of aromatic nitrogens is 2. The van der Waals surface area contributed by atoms with E-state index < -0.39 is 0 Å². The van der Waals surface area contributed by atoms with Crippen molar-refractivity contribution in [1.82, 2.24) is 9.55 Å². The van der Waals surface area contributed by atoms with Crippen molar-refractivity contribution in [3.8, 4) is 16.8 Å². The lowest BCUT2D eigenvalue weighted by Crippen LogP contribution is -2.56. The molecule has 3 aromatic carbocycles. The van der Waals surface area contributed by atoms with Gasteiger partial charge in [0.2, 0.25) is 6.71 Å².